The second-order valence-electron chi connectivity index (χ2n) is 8.88. The van der Waals surface area contributed by atoms with Crippen LogP contribution in [0.5, 0.6) is 5.75 Å². The fraction of sp³-hybridized carbons (Fsp3) is 0.650. The van der Waals surface area contributed by atoms with Crippen molar-refractivity contribution < 1.29 is 10.2 Å². The highest BCUT2D eigenvalue weighted by Crippen LogP contribution is 2.62. The molecule has 0 unspecified atom stereocenters. The van der Waals surface area contributed by atoms with E-state index in [9.17, 15) is 10.2 Å². The topological polar surface area (TPSA) is 52.8 Å². The second kappa shape index (κ2) is 5.07. The largest absolute Gasteiger partial charge is 0.507 e. The van der Waals surface area contributed by atoms with Crippen LogP contribution in [0.4, 0.5) is 0 Å². The maximum absolute atomic E-state index is 10.6. The van der Waals surface area contributed by atoms with E-state index in [1.165, 1.54) is 0 Å². The molecule has 0 amide bonds. The van der Waals surface area contributed by atoms with Gasteiger partial charge in [0.15, 0.2) is 0 Å². The van der Waals surface area contributed by atoms with E-state index in [2.05, 4.69) is 34.6 Å². The molecule has 1 aromatic rings. The van der Waals surface area contributed by atoms with Gasteiger partial charge in [-0.1, -0.05) is 46.8 Å². The molecule has 0 spiro atoms. The Morgan fingerprint density at radius 2 is 1.96 bits per heavy atom. The van der Waals surface area contributed by atoms with Crippen molar-refractivity contribution in [2.24, 2.45) is 16.3 Å². The molecule has 2 aliphatic rings. The maximum Gasteiger partial charge on any atom is 0.128 e. The van der Waals surface area contributed by atoms with Crippen LogP contribution < -0.4 is 0 Å². The Morgan fingerprint density at radius 3 is 2.48 bits per heavy atom. The molecule has 1 aromatic carbocycles. The van der Waals surface area contributed by atoms with Gasteiger partial charge in [0.25, 0.3) is 0 Å². The highest BCUT2D eigenvalue weighted by atomic mass is 16.3. The SMILES string of the molecule is CC(C)(C)c1cccc(C=N[C@@]23CC[C@H](C[C@H]2O)C3(C)C)c1O. The number of phenolic OH excluding ortho intramolecular Hbond substituents is 1. The first-order chi connectivity index (χ1) is 10.6. The monoisotopic (exact) mass is 315 g/mol. The number of rotatable bonds is 2. The van der Waals surface area contributed by atoms with Crippen molar-refractivity contribution in [1.29, 1.82) is 0 Å². The molecule has 2 bridgehead atoms. The number of para-hydroxylation sites is 1. The fourth-order valence-corrected chi connectivity index (χ4v) is 4.68. The molecule has 3 nitrogen and oxygen atoms in total. The van der Waals surface area contributed by atoms with E-state index >= 15 is 0 Å². The van der Waals surface area contributed by atoms with Gasteiger partial charge in [0.05, 0.1) is 11.6 Å². The van der Waals surface area contributed by atoms with Crippen molar-refractivity contribution in [1.82, 2.24) is 0 Å². The number of hydrogen-bond acceptors (Lipinski definition) is 3. The van der Waals surface area contributed by atoms with E-state index in [1.807, 2.05) is 18.2 Å². The zero-order valence-corrected chi connectivity index (χ0v) is 14.9. The van der Waals surface area contributed by atoms with Crippen molar-refractivity contribution in [3.63, 3.8) is 0 Å². The first-order valence-electron chi connectivity index (χ1n) is 8.65. The molecule has 0 radical (unpaired) electrons. The second-order valence-corrected chi connectivity index (χ2v) is 8.88. The molecular formula is C20H29NO2. The number of nitrogens with zero attached hydrogens (tertiary/aromatic N) is 1. The van der Waals surface area contributed by atoms with Crippen molar-refractivity contribution in [3.8, 4) is 5.75 Å². The molecule has 2 aliphatic carbocycles. The molecule has 3 rings (SSSR count). The van der Waals surface area contributed by atoms with E-state index in [4.69, 9.17) is 4.99 Å². The first kappa shape index (κ1) is 16.5. The molecule has 0 aliphatic heterocycles. The van der Waals surface area contributed by atoms with Gasteiger partial charge in [-0.3, -0.25) is 4.99 Å². The van der Waals surface area contributed by atoms with E-state index in [1.54, 1.807) is 6.21 Å². The lowest BCUT2D eigenvalue weighted by atomic mass is 9.76. The minimum atomic E-state index is -0.401. The third-order valence-electron chi connectivity index (χ3n) is 6.38. The van der Waals surface area contributed by atoms with Gasteiger partial charge >= 0.3 is 0 Å². The summed E-state index contributed by atoms with van der Waals surface area (Å²) in [6, 6.07) is 5.82. The molecule has 23 heavy (non-hydrogen) atoms. The smallest absolute Gasteiger partial charge is 0.128 e. The number of aliphatic hydroxyl groups is 1. The summed E-state index contributed by atoms with van der Waals surface area (Å²) in [7, 11) is 0. The van der Waals surface area contributed by atoms with Crippen LogP contribution in [0.25, 0.3) is 0 Å². The lowest BCUT2D eigenvalue weighted by Crippen LogP contribution is -2.44. The van der Waals surface area contributed by atoms with Crippen LogP contribution in [-0.4, -0.2) is 28.1 Å². The molecule has 2 saturated carbocycles. The Bertz CT molecular complexity index is 642. The third-order valence-corrected chi connectivity index (χ3v) is 6.38. The normalized spacial score (nSPS) is 32.8. The Labute approximate surface area is 139 Å². The Balaban J connectivity index is 1.98. The predicted octanol–water partition coefficient (Wildman–Crippen LogP) is 4.05. The van der Waals surface area contributed by atoms with Gasteiger partial charge in [0.1, 0.15) is 5.75 Å². The van der Waals surface area contributed by atoms with E-state index in [-0.39, 0.29) is 16.9 Å². The van der Waals surface area contributed by atoms with Crippen LogP contribution in [0.3, 0.4) is 0 Å². The van der Waals surface area contributed by atoms with Gasteiger partial charge in [0, 0.05) is 11.8 Å². The zero-order valence-electron chi connectivity index (χ0n) is 14.9. The number of aromatic hydroxyl groups is 1. The van der Waals surface area contributed by atoms with E-state index in [0.29, 0.717) is 11.7 Å². The lowest BCUT2D eigenvalue weighted by Gasteiger charge is -2.36. The Morgan fingerprint density at radius 1 is 1.26 bits per heavy atom. The Kier molecular flexibility index (Phi) is 3.64. The standard InChI is InChI=1S/C20H29NO2/c1-18(2,3)15-8-6-7-13(17(15)23)12-21-20-10-9-14(11-16(20)22)19(20,4)5/h6-8,12,14,16,22-23H,9-11H2,1-5H3/t14-,16-,20+/m1/s1. The third kappa shape index (κ3) is 2.32. The van der Waals surface area contributed by atoms with Crippen LogP contribution in [0, 0.1) is 11.3 Å². The first-order valence-corrected chi connectivity index (χ1v) is 8.65. The van der Waals surface area contributed by atoms with Crippen LogP contribution in [0.2, 0.25) is 0 Å². The molecule has 3 heteroatoms. The minimum Gasteiger partial charge on any atom is -0.507 e. The van der Waals surface area contributed by atoms with Gasteiger partial charge in [0.2, 0.25) is 0 Å². The summed E-state index contributed by atoms with van der Waals surface area (Å²) in [6.07, 6.45) is 4.32. The van der Waals surface area contributed by atoms with E-state index in [0.717, 1.165) is 30.4 Å². The predicted molar refractivity (Wildman–Crippen MR) is 94.3 cm³/mol. The van der Waals surface area contributed by atoms with Crippen molar-refractivity contribution in [2.45, 2.75) is 70.9 Å². The molecule has 0 heterocycles. The zero-order chi connectivity index (χ0) is 17.0. The molecule has 3 atom stereocenters. The average Bonchev–Trinajstić information content (AvgIpc) is 2.79. The fourth-order valence-electron chi connectivity index (χ4n) is 4.68. The summed E-state index contributed by atoms with van der Waals surface area (Å²) < 4.78 is 0. The highest BCUT2D eigenvalue weighted by molar-refractivity contribution is 5.84. The van der Waals surface area contributed by atoms with Crippen molar-refractivity contribution in [2.75, 3.05) is 0 Å². The number of fused-ring (bicyclic) bond motifs is 2. The van der Waals surface area contributed by atoms with Crippen molar-refractivity contribution >= 4 is 6.21 Å². The molecule has 0 aromatic heterocycles. The van der Waals surface area contributed by atoms with Crippen LogP contribution >= 0.6 is 0 Å². The van der Waals surface area contributed by atoms with Gasteiger partial charge in [-0.25, -0.2) is 0 Å². The van der Waals surface area contributed by atoms with Gasteiger partial charge in [-0.2, -0.15) is 0 Å². The quantitative estimate of drug-likeness (QED) is 0.809. The minimum absolute atomic E-state index is 0.0141. The van der Waals surface area contributed by atoms with Gasteiger partial charge in [-0.05, 0) is 47.6 Å². The average molecular weight is 315 g/mol. The highest BCUT2D eigenvalue weighted by Gasteiger charge is 2.64. The number of phenols is 1. The van der Waals surface area contributed by atoms with Crippen LogP contribution in [0.1, 0.15) is 65.0 Å². The number of hydrogen-bond donors (Lipinski definition) is 2. The summed E-state index contributed by atoms with van der Waals surface area (Å²) in [5.41, 5.74) is 1.17. The summed E-state index contributed by atoms with van der Waals surface area (Å²) >= 11 is 0. The van der Waals surface area contributed by atoms with Crippen LogP contribution in [-0.2, 0) is 5.41 Å². The maximum atomic E-state index is 10.6. The van der Waals surface area contributed by atoms with Crippen molar-refractivity contribution in [3.05, 3.63) is 29.3 Å². The lowest BCUT2D eigenvalue weighted by molar-refractivity contribution is 0.0692. The summed E-state index contributed by atoms with van der Waals surface area (Å²) in [6.45, 7) is 10.7. The van der Waals surface area contributed by atoms with Crippen LogP contribution in [0.15, 0.2) is 23.2 Å². The summed E-state index contributed by atoms with van der Waals surface area (Å²) in [5, 5.41) is 21.2. The molecule has 2 N–H and O–H groups in total. The number of aliphatic hydroxyl groups excluding tert-OH is 1. The van der Waals surface area contributed by atoms with Gasteiger partial charge in [-0.15, -0.1) is 0 Å². The number of benzene rings is 1. The molecule has 0 saturated heterocycles. The Hall–Kier alpha value is -1.35. The molecular weight excluding hydrogens is 286 g/mol. The number of aliphatic imine (C=N–C) groups is 1. The molecule has 126 valence electrons. The van der Waals surface area contributed by atoms with E-state index < -0.39 is 5.54 Å². The summed E-state index contributed by atoms with van der Waals surface area (Å²) in [5.74, 6) is 0.851. The summed E-state index contributed by atoms with van der Waals surface area (Å²) in [4.78, 5) is 4.87. The van der Waals surface area contributed by atoms with Gasteiger partial charge < -0.3 is 10.2 Å². The molecule has 2 fully saturated rings.